The largest absolute Gasteiger partial charge is 0.416 e. The van der Waals surface area contributed by atoms with Crippen molar-refractivity contribution in [2.24, 2.45) is 5.92 Å². The van der Waals surface area contributed by atoms with Crippen LogP contribution in [0.4, 0.5) is 30.4 Å². The number of fused-ring (bicyclic) bond motifs is 3. The monoisotopic (exact) mass is 621 g/mol. The number of carbonyl (C=O) groups is 3. The van der Waals surface area contributed by atoms with Crippen molar-refractivity contribution in [1.82, 2.24) is 19.4 Å². The predicted molar refractivity (Wildman–Crippen MR) is 161 cm³/mol. The first kappa shape index (κ1) is 30.4. The number of hydrogen-bond donors (Lipinski definition) is 0. The summed E-state index contributed by atoms with van der Waals surface area (Å²) in [5.41, 5.74) is 3.31. The fraction of sp³-hybridized carbons (Fsp3) is 0.406. The molecule has 13 heteroatoms. The number of alkyl halides is 3. The Morgan fingerprint density at radius 2 is 1.89 bits per heavy atom. The van der Waals surface area contributed by atoms with E-state index >= 15 is 0 Å². The second-order valence-corrected chi connectivity index (χ2v) is 11.8. The molecule has 2 aromatic heterocycles. The Hall–Kier alpha value is -4.68. The number of anilines is 3. The van der Waals surface area contributed by atoms with Gasteiger partial charge in [0.1, 0.15) is 17.7 Å². The Bertz CT molecular complexity index is 1730. The molecule has 0 radical (unpaired) electrons. The highest BCUT2D eigenvalue weighted by atomic mass is 19.4. The molecule has 0 aliphatic carbocycles. The van der Waals surface area contributed by atoms with Gasteiger partial charge in [-0.25, -0.2) is 9.97 Å². The molecule has 0 saturated carbocycles. The molecule has 0 bridgehead atoms. The molecular weight excluding hydrogens is 587 g/mol. The SMILES string of the molecule is C=CC(=O)N1Cc2nc(CN3C[C@H]4CC(=O)N(c5cc(C(F)(F)F)cc(C)n5)[C@@H]4C(=O)N(C)c4cccc(C)c43)n(CC)c2C1. The van der Waals surface area contributed by atoms with Gasteiger partial charge in [0.25, 0.3) is 0 Å². The van der Waals surface area contributed by atoms with Gasteiger partial charge in [0.15, 0.2) is 0 Å². The Kier molecular flexibility index (Phi) is 7.45. The lowest BCUT2D eigenvalue weighted by Crippen LogP contribution is -2.52. The zero-order valence-corrected chi connectivity index (χ0v) is 25.6. The highest BCUT2D eigenvalue weighted by Gasteiger charge is 2.49. The van der Waals surface area contributed by atoms with Gasteiger partial charge in [-0.3, -0.25) is 19.3 Å². The molecule has 2 atom stereocenters. The topological polar surface area (TPSA) is 94.9 Å². The maximum Gasteiger partial charge on any atom is 0.416 e. The molecule has 0 unspecified atom stereocenters. The first-order valence-corrected chi connectivity index (χ1v) is 14.8. The molecule has 10 nitrogen and oxygen atoms in total. The lowest BCUT2D eigenvalue weighted by molar-refractivity contribution is -0.137. The first-order chi connectivity index (χ1) is 21.3. The van der Waals surface area contributed by atoms with E-state index in [4.69, 9.17) is 4.98 Å². The molecule has 5 heterocycles. The normalized spacial score (nSPS) is 19.8. The summed E-state index contributed by atoms with van der Waals surface area (Å²) in [5.74, 6) is -0.948. The van der Waals surface area contributed by atoms with Crippen molar-refractivity contribution in [3.8, 4) is 0 Å². The van der Waals surface area contributed by atoms with Crippen molar-refractivity contribution < 1.29 is 27.6 Å². The molecule has 0 spiro atoms. The van der Waals surface area contributed by atoms with E-state index in [-0.39, 0.29) is 30.4 Å². The predicted octanol–water partition coefficient (Wildman–Crippen LogP) is 4.37. The summed E-state index contributed by atoms with van der Waals surface area (Å²) in [7, 11) is 1.62. The molecule has 0 N–H and O–H groups in total. The van der Waals surface area contributed by atoms with Crippen LogP contribution < -0.4 is 14.7 Å². The number of aromatic nitrogens is 3. The third-order valence-electron chi connectivity index (χ3n) is 8.93. The standard InChI is InChI=1S/C32H34F3N7O3/c1-6-27(43)39-15-22-24(16-39)41(7-2)26(37-22)17-40-14-20-12-28(44)42(25-13-21(32(33,34)35)11-19(4)36-25)30(20)31(45)38(5)23-10-8-9-18(3)29(23)40/h6,8-11,13,20,30H,1,7,12,14-17H2,2-5H3/t20-,30+/m1/s1. The number of rotatable bonds is 5. The van der Waals surface area contributed by atoms with Gasteiger partial charge in [-0.1, -0.05) is 18.7 Å². The second-order valence-electron chi connectivity index (χ2n) is 11.8. The van der Waals surface area contributed by atoms with E-state index in [0.29, 0.717) is 31.9 Å². The third kappa shape index (κ3) is 5.13. The van der Waals surface area contributed by atoms with Gasteiger partial charge in [-0.05, 0) is 50.6 Å². The Balaban J connectivity index is 1.41. The highest BCUT2D eigenvalue weighted by molar-refractivity contribution is 6.10. The maximum absolute atomic E-state index is 14.1. The van der Waals surface area contributed by atoms with Gasteiger partial charge in [0, 0.05) is 38.2 Å². The van der Waals surface area contributed by atoms with E-state index in [1.165, 1.54) is 17.9 Å². The van der Waals surface area contributed by atoms with Crippen LogP contribution in [0.25, 0.3) is 0 Å². The number of pyridine rings is 1. The van der Waals surface area contributed by atoms with Crippen LogP contribution in [0.15, 0.2) is 43.0 Å². The van der Waals surface area contributed by atoms with E-state index in [1.54, 1.807) is 11.9 Å². The average Bonchev–Trinajstić information content (AvgIpc) is 3.64. The lowest BCUT2D eigenvalue weighted by Gasteiger charge is -2.39. The number of para-hydroxylation sites is 1. The smallest absolute Gasteiger partial charge is 0.362 e. The van der Waals surface area contributed by atoms with Gasteiger partial charge >= 0.3 is 6.18 Å². The van der Waals surface area contributed by atoms with Crippen LogP contribution >= 0.6 is 0 Å². The minimum Gasteiger partial charge on any atom is -0.362 e. The van der Waals surface area contributed by atoms with E-state index in [1.807, 2.05) is 32.0 Å². The fourth-order valence-corrected chi connectivity index (χ4v) is 6.91. The van der Waals surface area contributed by atoms with E-state index in [0.717, 1.165) is 45.5 Å². The van der Waals surface area contributed by atoms with E-state index in [2.05, 4.69) is 21.0 Å². The summed E-state index contributed by atoms with van der Waals surface area (Å²) >= 11 is 0. The van der Waals surface area contributed by atoms with Crippen molar-refractivity contribution in [1.29, 1.82) is 0 Å². The van der Waals surface area contributed by atoms with Crippen LogP contribution in [-0.4, -0.2) is 56.8 Å². The number of carbonyl (C=O) groups excluding carboxylic acids is 3. The second kappa shape index (κ2) is 11.0. The van der Waals surface area contributed by atoms with Crippen molar-refractivity contribution in [2.45, 2.75) is 65.6 Å². The lowest BCUT2D eigenvalue weighted by atomic mass is 9.95. The number of hydrogen-bond acceptors (Lipinski definition) is 6. The summed E-state index contributed by atoms with van der Waals surface area (Å²) in [6.45, 7) is 11.1. The Labute approximate surface area is 258 Å². The molecule has 45 heavy (non-hydrogen) atoms. The van der Waals surface area contributed by atoms with E-state index < -0.39 is 35.5 Å². The number of aryl methyl sites for hydroxylation is 2. The Morgan fingerprint density at radius 3 is 2.58 bits per heavy atom. The number of imidazole rings is 1. The molecule has 1 fully saturated rings. The summed E-state index contributed by atoms with van der Waals surface area (Å²) in [4.78, 5) is 55.6. The number of halogens is 3. The van der Waals surface area contributed by atoms with Crippen molar-refractivity contribution in [2.75, 3.05) is 28.3 Å². The van der Waals surface area contributed by atoms with Gasteiger partial charge < -0.3 is 19.3 Å². The molecule has 6 rings (SSSR count). The van der Waals surface area contributed by atoms with Crippen LogP contribution in [0.3, 0.4) is 0 Å². The summed E-state index contributed by atoms with van der Waals surface area (Å²) in [6, 6.07) is 6.34. The number of benzene rings is 1. The minimum absolute atomic E-state index is 0.0315. The fourth-order valence-electron chi connectivity index (χ4n) is 6.91. The zero-order chi connectivity index (χ0) is 32.4. The van der Waals surface area contributed by atoms with Gasteiger partial charge in [0.2, 0.25) is 17.7 Å². The number of likely N-dealkylation sites (N-methyl/N-ethyl adjacent to an activating group) is 1. The Morgan fingerprint density at radius 1 is 1.13 bits per heavy atom. The molecular formula is C32H34F3N7O3. The van der Waals surface area contributed by atoms with Gasteiger partial charge in [0.05, 0.1) is 48.0 Å². The van der Waals surface area contributed by atoms with Crippen molar-refractivity contribution >= 4 is 34.9 Å². The molecule has 3 aliphatic heterocycles. The zero-order valence-electron chi connectivity index (χ0n) is 25.6. The van der Waals surface area contributed by atoms with Gasteiger partial charge in [-0.15, -0.1) is 0 Å². The maximum atomic E-state index is 14.1. The van der Waals surface area contributed by atoms with Crippen LogP contribution in [0.2, 0.25) is 0 Å². The summed E-state index contributed by atoms with van der Waals surface area (Å²) < 4.78 is 43.3. The molecule has 3 aromatic rings. The van der Waals surface area contributed by atoms with Crippen molar-refractivity contribution in [3.05, 3.63) is 77.0 Å². The third-order valence-corrected chi connectivity index (χ3v) is 8.93. The van der Waals surface area contributed by atoms with Crippen molar-refractivity contribution in [3.63, 3.8) is 0 Å². The molecule has 236 valence electrons. The van der Waals surface area contributed by atoms with E-state index in [9.17, 15) is 27.6 Å². The summed E-state index contributed by atoms with van der Waals surface area (Å²) in [6.07, 6.45) is -3.38. The quantitative estimate of drug-likeness (QED) is 0.393. The van der Waals surface area contributed by atoms with Crippen LogP contribution in [-0.2, 0) is 46.7 Å². The molecule has 3 aliphatic rings. The van der Waals surface area contributed by atoms with Crippen LogP contribution in [0.1, 0.15) is 47.4 Å². The van der Waals surface area contributed by atoms with Crippen LogP contribution in [0.5, 0.6) is 0 Å². The highest BCUT2D eigenvalue weighted by Crippen LogP contribution is 2.42. The number of amides is 3. The summed E-state index contributed by atoms with van der Waals surface area (Å²) in [5, 5.41) is 0. The average molecular weight is 622 g/mol. The molecule has 1 saturated heterocycles. The molecule has 3 amide bonds. The molecule has 1 aromatic carbocycles. The van der Waals surface area contributed by atoms with Gasteiger partial charge in [-0.2, -0.15) is 13.2 Å². The minimum atomic E-state index is -4.64. The number of nitrogens with zero attached hydrogens (tertiary/aromatic N) is 7. The van der Waals surface area contributed by atoms with Crippen LogP contribution in [0, 0.1) is 19.8 Å². The first-order valence-electron chi connectivity index (χ1n) is 14.8.